The fourth-order valence-electron chi connectivity index (χ4n) is 1.16. The highest BCUT2D eigenvalue weighted by molar-refractivity contribution is 7.99. The standard InChI is InChI=1S/C10H15N3O3S/c1-2-3-11-9-6-8(13(15)16)7-10(12-9)17-5-4-14/h6-7,14H,2-5H2,1H3,(H,11,12). The second-order valence-electron chi connectivity index (χ2n) is 3.30. The Labute approximate surface area is 104 Å². The van der Waals surface area contributed by atoms with E-state index in [9.17, 15) is 10.1 Å². The maximum absolute atomic E-state index is 10.7. The maximum Gasteiger partial charge on any atom is 0.275 e. The Morgan fingerprint density at radius 1 is 1.59 bits per heavy atom. The van der Waals surface area contributed by atoms with Gasteiger partial charge in [0.05, 0.1) is 17.6 Å². The summed E-state index contributed by atoms with van der Waals surface area (Å²) in [7, 11) is 0. The van der Waals surface area contributed by atoms with Crippen molar-refractivity contribution in [2.45, 2.75) is 18.4 Å². The van der Waals surface area contributed by atoms with Gasteiger partial charge in [0, 0.05) is 18.4 Å². The van der Waals surface area contributed by atoms with Crippen LogP contribution < -0.4 is 5.32 Å². The zero-order chi connectivity index (χ0) is 12.7. The van der Waals surface area contributed by atoms with Gasteiger partial charge in [-0.3, -0.25) is 10.1 Å². The fourth-order valence-corrected chi connectivity index (χ4v) is 1.83. The molecule has 7 heteroatoms. The van der Waals surface area contributed by atoms with E-state index < -0.39 is 4.92 Å². The zero-order valence-electron chi connectivity index (χ0n) is 9.55. The fraction of sp³-hybridized carbons (Fsp3) is 0.500. The van der Waals surface area contributed by atoms with Crippen LogP contribution in [0.1, 0.15) is 13.3 Å². The number of aliphatic hydroxyl groups is 1. The van der Waals surface area contributed by atoms with Gasteiger partial charge in [-0.15, -0.1) is 11.8 Å². The van der Waals surface area contributed by atoms with Crippen LogP contribution in [0.3, 0.4) is 0 Å². The molecule has 0 radical (unpaired) electrons. The topological polar surface area (TPSA) is 88.3 Å². The van der Waals surface area contributed by atoms with Gasteiger partial charge in [-0.25, -0.2) is 4.98 Å². The largest absolute Gasteiger partial charge is 0.396 e. The van der Waals surface area contributed by atoms with Crippen LogP contribution in [0, 0.1) is 10.1 Å². The van der Waals surface area contributed by atoms with Crippen molar-refractivity contribution < 1.29 is 10.0 Å². The molecule has 6 nitrogen and oxygen atoms in total. The van der Waals surface area contributed by atoms with Crippen LogP contribution in [-0.4, -0.2) is 33.9 Å². The number of nitrogens with one attached hydrogen (secondary N) is 1. The molecule has 0 aliphatic heterocycles. The number of hydrogen-bond donors (Lipinski definition) is 2. The van der Waals surface area contributed by atoms with Gasteiger partial charge in [-0.05, 0) is 6.42 Å². The minimum atomic E-state index is -0.443. The summed E-state index contributed by atoms with van der Waals surface area (Å²) in [6, 6.07) is 2.83. The van der Waals surface area contributed by atoms with Gasteiger partial charge in [-0.2, -0.15) is 0 Å². The predicted octanol–water partition coefficient (Wildman–Crippen LogP) is 1.90. The molecule has 0 saturated heterocycles. The molecule has 17 heavy (non-hydrogen) atoms. The van der Waals surface area contributed by atoms with Crippen LogP contribution in [0.25, 0.3) is 0 Å². The van der Waals surface area contributed by atoms with E-state index in [1.54, 1.807) is 0 Å². The van der Waals surface area contributed by atoms with Crippen LogP contribution >= 0.6 is 11.8 Å². The average molecular weight is 257 g/mol. The summed E-state index contributed by atoms with van der Waals surface area (Å²) in [5.74, 6) is 0.975. The quantitative estimate of drug-likeness (QED) is 0.440. The van der Waals surface area contributed by atoms with Crippen molar-refractivity contribution >= 4 is 23.3 Å². The third-order valence-corrected chi connectivity index (χ3v) is 2.79. The summed E-state index contributed by atoms with van der Waals surface area (Å²) in [4.78, 5) is 14.5. The lowest BCUT2D eigenvalue weighted by molar-refractivity contribution is -0.385. The predicted molar refractivity (Wildman–Crippen MR) is 67.5 cm³/mol. The normalized spacial score (nSPS) is 10.2. The van der Waals surface area contributed by atoms with E-state index in [4.69, 9.17) is 5.11 Å². The first-order valence-electron chi connectivity index (χ1n) is 5.31. The Morgan fingerprint density at radius 3 is 2.94 bits per heavy atom. The van der Waals surface area contributed by atoms with Gasteiger partial charge in [0.2, 0.25) is 0 Å². The van der Waals surface area contributed by atoms with Crippen LogP contribution in [0.2, 0.25) is 0 Å². The number of pyridine rings is 1. The molecule has 0 aliphatic rings. The second-order valence-corrected chi connectivity index (χ2v) is 4.42. The lowest BCUT2D eigenvalue weighted by Crippen LogP contribution is -2.03. The van der Waals surface area contributed by atoms with Crippen molar-refractivity contribution in [2.24, 2.45) is 0 Å². The minimum Gasteiger partial charge on any atom is -0.396 e. The molecular formula is C10H15N3O3S. The Kier molecular flexibility index (Phi) is 5.71. The molecule has 0 aliphatic carbocycles. The van der Waals surface area contributed by atoms with Gasteiger partial charge in [0.25, 0.3) is 5.69 Å². The summed E-state index contributed by atoms with van der Waals surface area (Å²) in [5, 5.41) is 23.0. The lowest BCUT2D eigenvalue weighted by Gasteiger charge is -2.06. The SMILES string of the molecule is CCCNc1cc([N+](=O)[O-])cc(SCCO)n1. The van der Waals surface area contributed by atoms with Crippen molar-refractivity contribution in [3.8, 4) is 0 Å². The molecule has 0 unspecified atom stereocenters. The van der Waals surface area contributed by atoms with Crippen LogP contribution in [0.4, 0.5) is 11.5 Å². The second kappa shape index (κ2) is 7.08. The number of aromatic nitrogens is 1. The van der Waals surface area contributed by atoms with E-state index in [1.165, 1.54) is 23.9 Å². The average Bonchev–Trinajstić information content (AvgIpc) is 2.33. The van der Waals surface area contributed by atoms with Crippen molar-refractivity contribution in [1.82, 2.24) is 4.98 Å². The zero-order valence-corrected chi connectivity index (χ0v) is 10.4. The van der Waals surface area contributed by atoms with Gasteiger partial charge in [0.1, 0.15) is 10.8 Å². The molecule has 0 amide bonds. The molecule has 0 aromatic carbocycles. The highest BCUT2D eigenvalue weighted by atomic mass is 32.2. The number of rotatable bonds is 7. The summed E-state index contributed by atoms with van der Waals surface area (Å²) in [6.45, 7) is 2.75. The number of nitro groups is 1. The van der Waals surface area contributed by atoms with Crippen molar-refractivity contribution in [3.63, 3.8) is 0 Å². The molecule has 0 fully saturated rings. The smallest absolute Gasteiger partial charge is 0.275 e. The molecule has 1 aromatic heterocycles. The Bertz CT molecular complexity index is 361. The molecular weight excluding hydrogens is 242 g/mol. The Balaban J connectivity index is 2.88. The van der Waals surface area contributed by atoms with E-state index in [-0.39, 0.29) is 12.3 Å². The molecule has 1 rings (SSSR count). The first kappa shape index (κ1) is 13.7. The van der Waals surface area contributed by atoms with Gasteiger partial charge in [0.15, 0.2) is 0 Å². The van der Waals surface area contributed by atoms with E-state index in [2.05, 4.69) is 10.3 Å². The maximum atomic E-state index is 10.7. The van der Waals surface area contributed by atoms with Crippen LogP contribution in [0.5, 0.6) is 0 Å². The molecule has 0 bridgehead atoms. The van der Waals surface area contributed by atoms with Gasteiger partial charge in [-0.1, -0.05) is 6.92 Å². The lowest BCUT2D eigenvalue weighted by atomic mass is 10.4. The number of thioether (sulfide) groups is 1. The first-order valence-corrected chi connectivity index (χ1v) is 6.30. The third-order valence-electron chi connectivity index (χ3n) is 1.89. The van der Waals surface area contributed by atoms with E-state index in [0.717, 1.165) is 13.0 Å². The Morgan fingerprint density at radius 2 is 2.35 bits per heavy atom. The van der Waals surface area contributed by atoms with Crippen LogP contribution in [-0.2, 0) is 0 Å². The summed E-state index contributed by atoms with van der Waals surface area (Å²) in [5.41, 5.74) is 0.0130. The number of nitrogens with zero attached hydrogens (tertiary/aromatic N) is 2. The first-order chi connectivity index (χ1) is 8.17. The monoisotopic (exact) mass is 257 g/mol. The highest BCUT2D eigenvalue weighted by Gasteiger charge is 2.11. The summed E-state index contributed by atoms with van der Waals surface area (Å²) in [6.07, 6.45) is 0.920. The third kappa shape index (κ3) is 4.58. The van der Waals surface area contributed by atoms with Crippen molar-refractivity contribution in [1.29, 1.82) is 0 Å². The van der Waals surface area contributed by atoms with E-state index in [1.807, 2.05) is 6.92 Å². The van der Waals surface area contributed by atoms with E-state index >= 15 is 0 Å². The summed E-state index contributed by atoms with van der Waals surface area (Å²) < 4.78 is 0. The molecule has 1 aromatic rings. The minimum absolute atomic E-state index is 0.0130. The summed E-state index contributed by atoms with van der Waals surface area (Å²) >= 11 is 1.29. The van der Waals surface area contributed by atoms with Gasteiger partial charge < -0.3 is 10.4 Å². The van der Waals surface area contributed by atoms with E-state index in [0.29, 0.717) is 16.6 Å². The number of anilines is 1. The molecule has 1 heterocycles. The van der Waals surface area contributed by atoms with Crippen molar-refractivity contribution in [3.05, 3.63) is 22.2 Å². The molecule has 94 valence electrons. The molecule has 0 saturated carbocycles. The number of hydrogen-bond acceptors (Lipinski definition) is 6. The van der Waals surface area contributed by atoms with Crippen molar-refractivity contribution in [2.75, 3.05) is 24.2 Å². The molecule has 0 atom stereocenters. The molecule has 2 N–H and O–H groups in total. The number of aliphatic hydroxyl groups excluding tert-OH is 1. The highest BCUT2D eigenvalue weighted by Crippen LogP contribution is 2.24. The van der Waals surface area contributed by atoms with Gasteiger partial charge >= 0.3 is 0 Å². The Hall–Kier alpha value is -1.34. The molecule has 0 spiro atoms. The van der Waals surface area contributed by atoms with Crippen LogP contribution in [0.15, 0.2) is 17.2 Å².